The van der Waals surface area contributed by atoms with Gasteiger partial charge in [-0.15, -0.1) is 0 Å². The molecular weight excluding hydrogens is 135 g/mol. The van der Waals surface area contributed by atoms with Gasteiger partial charge in [-0.05, 0) is 0 Å². The first-order chi connectivity index (χ1) is 4.74. The summed E-state index contributed by atoms with van der Waals surface area (Å²) >= 11 is 0. The van der Waals surface area contributed by atoms with E-state index in [1.165, 1.54) is 13.2 Å². The zero-order valence-electron chi connectivity index (χ0n) is 5.47. The SMILES string of the molecule is COc1cc(N)c(F)cn1. The highest BCUT2D eigenvalue weighted by atomic mass is 19.1. The molecule has 1 aromatic rings. The lowest BCUT2D eigenvalue weighted by Gasteiger charge is -1.98. The second-order valence-electron chi connectivity index (χ2n) is 1.75. The number of ether oxygens (including phenoxy) is 1. The predicted octanol–water partition coefficient (Wildman–Crippen LogP) is 0.811. The van der Waals surface area contributed by atoms with E-state index in [-0.39, 0.29) is 5.69 Å². The van der Waals surface area contributed by atoms with Crippen LogP contribution in [-0.4, -0.2) is 12.1 Å². The Hall–Kier alpha value is -1.32. The summed E-state index contributed by atoms with van der Waals surface area (Å²) in [6.45, 7) is 0. The van der Waals surface area contributed by atoms with Gasteiger partial charge in [0.1, 0.15) is 0 Å². The van der Waals surface area contributed by atoms with Crippen LogP contribution in [-0.2, 0) is 0 Å². The summed E-state index contributed by atoms with van der Waals surface area (Å²) in [4.78, 5) is 3.58. The number of anilines is 1. The highest BCUT2D eigenvalue weighted by molar-refractivity contribution is 5.41. The third-order valence-electron chi connectivity index (χ3n) is 1.07. The molecule has 0 saturated carbocycles. The van der Waals surface area contributed by atoms with E-state index in [0.29, 0.717) is 5.88 Å². The van der Waals surface area contributed by atoms with Crippen LogP contribution in [0.4, 0.5) is 10.1 Å². The molecule has 3 nitrogen and oxygen atoms in total. The van der Waals surface area contributed by atoms with E-state index in [0.717, 1.165) is 6.20 Å². The van der Waals surface area contributed by atoms with Gasteiger partial charge in [0, 0.05) is 6.07 Å². The lowest BCUT2D eigenvalue weighted by Crippen LogP contribution is -1.94. The number of nitrogens with two attached hydrogens (primary N) is 1. The van der Waals surface area contributed by atoms with Gasteiger partial charge in [0.2, 0.25) is 5.88 Å². The zero-order valence-corrected chi connectivity index (χ0v) is 5.47. The van der Waals surface area contributed by atoms with Gasteiger partial charge in [-0.2, -0.15) is 0 Å². The van der Waals surface area contributed by atoms with Crippen molar-refractivity contribution in [1.82, 2.24) is 4.98 Å². The molecule has 0 radical (unpaired) electrons. The number of hydrogen-bond acceptors (Lipinski definition) is 3. The molecule has 0 bridgehead atoms. The zero-order chi connectivity index (χ0) is 7.56. The van der Waals surface area contributed by atoms with Crippen LogP contribution in [0.5, 0.6) is 5.88 Å². The summed E-state index contributed by atoms with van der Waals surface area (Å²) in [6, 6.07) is 1.33. The second kappa shape index (κ2) is 2.51. The normalized spacial score (nSPS) is 9.40. The minimum absolute atomic E-state index is 0.0480. The first-order valence-electron chi connectivity index (χ1n) is 2.69. The van der Waals surface area contributed by atoms with Crippen molar-refractivity contribution in [3.63, 3.8) is 0 Å². The monoisotopic (exact) mass is 142 g/mol. The summed E-state index contributed by atoms with van der Waals surface area (Å²) in [5.74, 6) is -0.209. The van der Waals surface area contributed by atoms with Gasteiger partial charge in [0.15, 0.2) is 5.82 Å². The van der Waals surface area contributed by atoms with E-state index in [1.54, 1.807) is 0 Å². The smallest absolute Gasteiger partial charge is 0.215 e. The van der Waals surface area contributed by atoms with Gasteiger partial charge >= 0.3 is 0 Å². The number of nitrogens with zero attached hydrogens (tertiary/aromatic N) is 1. The van der Waals surface area contributed by atoms with Gasteiger partial charge < -0.3 is 10.5 Å². The maximum atomic E-state index is 12.4. The van der Waals surface area contributed by atoms with Crippen LogP contribution in [0, 0.1) is 5.82 Å². The first-order valence-corrected chi connectivity index (χ1v) is 2.69. The summed E-state index contributed by atoms with van der Waals surface area (Å²) < 4.78 is 17.1. The van der Waals surface area contributed by atoms with E-state index >= 15 is 0 Å². The largest absolute Gasteiger partial charge is 0.481 e. The number of aromatic nitrogens is 1. The summed E-state index contributed by atoms with van der Waals surface area (Å²) in [5.41, 5.74) is 5.25. The average Bonchev–Trinajstić information content (AvgIpc) is 1.95. The first kappa shape index (κ1) is 6.80. The van der Waals surface area contributed by atoms with Crippen LogP contribution in [0.1, 0.15) is 0 Å². The van der Waals surface area contributed by atoms with Gasteiger partial charge in [-0.25, -0.2) is 9.37 Å². The standard InChI is InChI=1S/C6H7FN2O/c1-10-6-2-5(8)4(7)3-9-6/h2-3H,1H3,(H2,8,9). The van der Waals surface area contributed by atoms with Crippen molar-refractivity contribution in [3.8, 4) is 5.88 Å². The van der Waals surface area contributed by atoms with Crippen LogP contribution < -0.4 is 10.5 Å². The number of hydrogen-bond donors (Lipinski definition) is 1. The Kier molecular flexibility index (Phi) is 1.71. The van der Waals surface area contributed by atoms with E-state index in [1.807, 2.05) is 0 Å². The second-order valence-corrected chi connectivity index (χ2v) is 1.75. The van der Waals surface area contributed by atoms with Crippen molar-refractivity contribution in [2.75, 3.05) is 12.8 Å². The number of pyridine rings is 1. The summed E-state index contributed by atoms with van der Waals surface area (Å²) in [6.07, 6.45) is 1.02. The minimum atomic E-state index is -0.527. The van der Waals surface area contributed by atoms with Gasteiger partial charge in [0.25, 0.3) is 0 Å². The topological polar surface area (TPSA) is 48.1 Å². The van der Waals surface area contributed by atoms with Crippen molar-refractivity contribution < 1.29 is 9.13 Å². The fourth-order valence-corrected chi connectivity index (χ4v) is 0.546. The molecule has 0 unspecified atom stereocenters. The Balaban J connectivity index is 3.04. The highest BCUT2D eigenvalue weighted by Crippen LogP contribution is 2.13. The fraction of sp³-hybridized carbons (Fsp3) is 0.167. The predicted molar refractivity (Wildman–Crippen MR) is 35.2 cm³/mol. The number of halogens is 1. The molecular formula is C6H7FN2O. The van der Waals surface area contributed by atoms with E-state index < -0.39 is 5.82 Å². The van der Waals surface area contributed by atoms with Crippen molar-refractivity contribution in [1.29, 1.82) is 0 Å². The average molecular weight is 142 g/mol. The molecule has 0 aliphatic rings. The molecule has 0 aromatic carbocycles. The van der Waals surface area contributed by atoms with E-state index in [4.69, 9.17) is 10.5 Å². The van der Waals surface area contributed by atoms with Crippen LogP contribution in [0.3, 0.4) is 0 Å². The van der Waals surface area contributed by atoms with E-state index in [9.17, 15) is 4.39 Å². The molecule has 0 saturated heterocycles. The number of rotatable bonds is 1. The Labute approximate surface area is 57.6 Å². The summed E-state index contributed by atoms with van der Waals surface area (Å²) in [5, 5.41) is 0. The van der Waals surface area contributed by atoms with Gasteiger partial charge in [0.05, 0.1) is 19.0 Å². The Morgan fingerprint density at radius 1 is 1.70 bits per heavy atom. The van der Waals surface area contributed by atoms with Gasteiger partial charge in [-0.3, -0.25) is 0 Å². The molecule has 0 fully saturated rings. The van der Waals surface area contributed by atoms with Gasteiger partial charge in [-0.1, -0.05) is 0 Å². The van der Waals surface area contributed by atoms with Crippen LogP contribution >= 0.6 is 0 Å². The van der Waals surface area contributed by atoms with Crippen LogP contribution in [0.25, 0.3) is 0 Å². The third-order valence-corrected chi connectivity index (χ3v) is 1.07. The minimum Gasteiger partial charge on any atom is -0.481 e. The molecule has 0 aliphatic carbocycles. The molecule has 0 aliphatic heterocycles. The molecule has 1 rings (SSSR count). The van der Waals surface area contributed by atoms with E-state index in [2.05, 4.69) is 4.98 Å². The maximum absolute atomic E-state index is 12.4. The molecule has 2 N–H and O–H groups in total. The van der Waals surface area contributed by atoms with Crippen molar-refractivity contribution in [2.45, 2.75) is 0 Å². The number of nitrogen functional groups attached to an aromatic ring is 1. The van der Waals surface area contributed by atoms with Crippen molar-refractivity contribution in [2.24, 2.45) is 0 Å². The van der Waals surface area contributed by atoms with Crippen molar-refractivity contribution in [3.05, 3.63) is 18.1 Å². The lowest BCUT2D eigenvalue weighted by atomic mass is 10.4. The number of methoxy groups -OCH3 is 1. The molecule has 54 valence electrons. The molecule has 0 atom stereocenters. The molecule has 1 aromatic heterocycles. The Bertz CT molecular complexity index is 239. The third kappa shape index (κ3) is 1.15. The highest BCUT2D eigenvalue weighted by Gasteiger charge is 1.98. The molecule has 0 spiro atoms. The van der Waals surface area contributed by atoms with Crippen molar-refractivity contribution >= 4 is 5.69 Å². The maximum Gasteiger partial charge on any atom is 0.215 e. The molecule has 1 heterocycles. The summed E-state index contributed by atoms with van der Waals surface area (Å²) in [7, 11) is 1.44. The molecule has 0 amide bonds. The molecule has 4 heteroatoms. The lowest BCUT2D eigenvalue weighted by molar-refractivity contribution is 0.396. The quantitative estimate of drug-likeness (QED) is 0.631. The van der Waals surface area contributed by atoms with Crippen LogP contribution in [0.2, 0.25) is 0 Å². The Morgan fingerprint density at radius 3 is 2.90 bits per heavy atom. The molecule has 10 heavy (non-hydrogen) atoms. The van der Waals surface area contributed by atoms with Crippen LogP contribution in [0.15, 0.2) is 12.3 Å². The fourth-order valence-electron chi connectivity index (χ4n) is 0.546. The Morgan fingerprint density at radius 2 is 2.40 bits per heavy atom.